The first-order chi connectivity index (χ1) is 8.78. The topological polar surface area (TPSA) is 38.9 Å². The van der Waals surface area contributed by atoms with Crippen molar-refractivity contribution in [3.05, 3.63) is 40.4 Å². The van der Waals surface area contributed by atoms with Crippen molar-refractivity contribution in [1.29, 1.82) is 0 Å². The maximum absolute atomic E-state index is 6.15. The van der Waals surface area contributed by atoms with E-state index in [1.54, 1.807) is 11.3 Å². The van der Waals surface area contributed by atoms with Gasteiger partial charge in [0.25, 0.3) is 0 Å². The third kappa shape index (κ3) is 2.08. The van der Waals surface area contributed by atoms with Gasteiger partial charge in [-0.1, -0.05) is 31.2 Å². The molecule has 1 aliphatic rings. The average molecular weight is 258 g/mol. The molecule has 0 bridgehead atoms. The molecule has 0 radical (unpaired) electrons. The molecule has 2 aromatic rings. The van der Waals surface area contributed by atoms with E-state index in [2.05, 4.69) is 31.2 Å². The Morgan fingerprint density at radius 2 is 2.11 bits per heavy atom. The monoisotopic (exact) mass is 258 g/mol. The third-order valence-electron chi connectivity index (χ3n) is 3.60. The summed E-state index contributed by atoms with van der Waals surface area (Å²) in [5.41, 5.74) is 9.98. The molecule has 1 aromatic heterocycles. The molecule has 0 fully saturated rings. The fraction of sp³-hybridized carbons (Fsp3) is 0.400. The summed E-state index contributed by atoms with van der Waals surface area (Å²) in [5.74, 6) is 0. The normalized spacial score (nSPS) is 18.7. The van der Waals surface area contributed by atoms with E-state index < -0.39 is 0 Å². The van der Waals surface area contributed by atoms with Crippen LogP contribution >= 0.6 is 11.3 Å². The maximum atomic E-state index is 6.15. The first-order valence-corrected chi connectivity index (χ1v) is 7.44. The SMILES string of the molecule is CCc1ccc(-c2nc3c(s2)C(N)CCC3)cc1. The van der Waals surface area contributed by atoms with Gasteiger partial charge in [0.1, 0.15) is 5.01 Å². The number of nitrogens with zero attached hydrogens (tertiary/aromatic N) is 1. The molecule has 2 nitrogen and oxygen atoms in total. The summed E-state index contributed by atoms with van der Waals surface area (Å²) in [5, 5.41) is 1.13. The summed E-state index contributed by atoms with van der Waals surface area (Å²) in [6.07, 6.45) is 4.45. The molecule has 1 aliphatic carbocycles. The maximum Gasteiger partial charge on any atom is 0.123 e. The van der Waals surface area contributed by atoms with Crippen LogP contribution in [0.3, 0.4) is 0 Å². The second-order valence-corrected chi connectivity index (χ2v) is 5.91. The van der Waals surface area contributed by atoms with Crippen molar-refractivity contribution in [3.8, 4) is 10.6 Å². The van der Waals surface area contributed by atoms with E-state index >= 15 is 0 Å². The fourth-order valence-corrected chi connectivity index (χ4v) is 3.61. The van der Waals surface area contributed by atoms with Gasteiger partial charge in [-0.15, -0.1) is 11.3 Å². The van der Waals surface area contributed by atoms with Gasteiger partial charge in [0, 0.05) is 16.5 Å². The smallest absolute Gasteiger partial charge is 0.123 e. The Labute approximate surface area is 112 Å². The summed E-state index contributed by atoms with van der Waals surface area (Å²) in [6, 6.07) is 8.93. The quantitative estimate of drug-likeness (QED) is 0.892. The van der Waals surface area contributed by atoms with Gasteiger partial charge in [-0.2, -0.15) is 0 Å². The second kappa shape index (κ2) is 4.82. The molecular weight excluding hydrogens is 240 g/mol. The second-order valence-electron chi connectivity index (χ2n) is 4.88. The van der Waals surface area contributed by atoms with Crippen molar-refractivity contribution in [3.63, 3.8) is 0 Å². The highest BCUT2D eigenvalue weighted by Crippen LogP contribution is 2.36. The summed E-state index contributed by atoms with van der Waals surface area (Å²) in [7, 11) is 0. The van der Waals surface area contributed by atoms with E-state index in [9.17, 15) is 0 Å². The zero-order chi connectivity index (χ0) is 12.5. The van der Waals surface area contributed by atoms with Gasteiger partial charge < -0.3 is 5.73 Å². The lowest BCUT2D eigenvalue weighted by molar-refractivity contribution is 0.573. The number of aryl methyl sites for hydroxylation is 2. The zero-order valence-corrected chi connectivity index (χ0v) is 11.5. The van der Waals surface area contributed by atoms with Crippen LogP contribution < -0.4 is 5.73 Å². The highest BCUT2D eigenvalue weighted by molar-refractivity contribution is 7.15. The van der Waals surface area contributed by atoms with Gasteiger partial charge in [-0.05, 0) is 31.2 Å². The van der Waals surface area contributed by atoms with E-state index in [-0.39, 0.29) is 6.04 Å². The van der Waals surface area contributed by atoms with E-state index in [4.69, 9.17) is 10.7 Å². The van der Waals surface area contributed by atoms with Crippen molar-refractivity contribution >= 4 is 11.3 Å². The van der Waals surface area contributed by atoms with E-state index in [0.29, 0.717) is 0 Å². The molecule has 0 amide bonds. The molecule has 1 heterocycles. The number of rotatable bonds is 2. The molecule has 0 saturated carbocycles. The number of fused-ring (bicyclic) bond motifs is 1. The summed E-state index contributed by atoms with van der Waals surface area (Å²) in [4.78, 5) is 6.07. The average Bonchev–Trinajstić information content (AvgIpc) is 2.84. The van der Waals surface area contributed by atoms with Crippen LogP contribution in [0.25, 0.3) is 10.6 Å². The predicted molar refractivity (Wildman–Crippen MR) is 76.8 cm³/mol. The molecular formula is C15H18N2S. The van der Waals surface area contributed by atoms with Crippen molar-refractivity contribution in [2.45, 2.75) is 38.6 Å². The van der Waals surface area contributed by atoms with Gasteiger partial charge in [0.05, 0.1) is 5.69 Å². The Morgan fingerprint density at radius 3 is 2.78 bits per heavy atom. The van der Waals surface area contributed by atoms with E-state index in [1.165, 1.54) is 28.1 Å². The lowest BCUT2D eigenvalue weighted by Gasteiger charge is -2.15. The van der Waals surface area contributed by atoms with E-state index in [1.807, 2.05) is 0 Å². The summed E-state index contributed by atoms with van der Waals surface area (Å²) < 4.78 is 0. The molecule has 0 spiro atoms. The summed E-state index contributed by atoms with van der Waals surface area (Å²) >= 11 is 1.77. The molecule has 18 heavy (non-hydrogen) atoms. The van der Waals surface area contributed by atoms with Crippen molar-refractivity contribution in [2.24, 2.45) is 5.73 Å². The van der Waals surface area contributed by atoms with Gasteiger partial charge in [-0.25, -0.2) is 4.98 Å². The van der Waals surface area contributed by atoms with E-state index in [0.717, 1.165) is 24.3 Å². The third-order valence-corrected chi connectivity index (χ3v) is 4.88. The molecule has 3 heteroatoms. The molecule has 3 rings (SSSR count). The van der Waals surface area contributed by atoms with Crippen LogP contribution in [0, 0.1) is 0 Å². The van der Waals surface area contributed by atoms with Crippen LogP contribution in [-0.4, -0.2) is 4.98 Å². The Balaban J connectivity index is 1.96. The van der Waals surface area contributed by atoms with Crippen LogP contribution in [0.5, 0.6) is 0 Å². The fourth-order valence-electron chi connectivity index (χ4n) is 2.46. The molecule has 94 valence electrons. The van der Waals surface area contributed by atoms with Gasteiger partial charge >= 0.3 is 0 Å². The lowest BCUT2D eigenvalue weighted by Crippen LogP contribution is -2.15. The molecule has 2 N–H and O–H groups in total. The minimum Gasteiger partial charge on any atom is -0.323 e. The van der Waals surface area contributed by atoms with Crippen molar-refractivity contribution in [2.75, 3.05) is 0 Å². The molecule has 1 unspecified atom stereocenters. The van der Waals surface area contributed by atoms with Crippen LogP contribution in [0.4, 0.5) is 0 Å². The highest BCUT2D eigenvalue weighted by Gasteiger charge is 2.21. The number of thiazole rings is 1. The Bertz CT molecular complexity index is 542. The van der Waals surface area contributed by atoms with Crippen molar-refractivity contribution in [1.82, 2.24) is 4.98 Å². The predicted octanol–water partition coefficient (Wildman–Crippen LogP) is 3.71. The number of benzene rings is 1. The lowest BCUT2D eigenvalue weighted by atomic mass is 9.99. The zero-order valence-electron chi connectivity index (χ0n) is 10.6. The van der Waals surface area contributed by atoms with Gasteiger partial charge in [-0.3, -0.25) is 0 Å². The van der Waals surface area contributed by atoms with Crippen LogP contribution in [-0.2, 0) is 12.8 Å². The number of hydrogen-bond acceptors (Lipinski definition) is 3. The van der Waals surface area contributed by atoms with Gasteiger partial charge in [0.2, 0.25) is 0 Å². The van der Waals surface area contributed by atoms with Crippen LogP contribution in [0.2, 0.25) is 0 Å². The summed E-state index contributed by atoms with van der Waals surface area (Å²) in [6.45, 7) is 2.18. The first-order valence-electron chi connectivity index (χ1n) is 6.62. The molecule has 1 atom stereocenters. The first kappa shape index (κ1) is 11.9. The molecule has 0 aliphatic heterocycles. The highest BCUT2D eigenvalue weighted by atomic mass is 32.1. The minimum absolute atomic E-state index is 0.204. The standard InChI is InChI=1S/C15H18N2S/c1-2-10-6-8-11(9-7-10)15-17-13-5-3-4-12(16)14(13)18-15/h6-9,12H,2-5,16H2,1H3. The Morgan fingerprint density at radius 1 is 1.33 bits per heavy atom. The Kier molecular flexibility index (Phi) is 3.18. The molecule has 1 aromatic carbocycles. The Hall–Kier alpha value is -1.19. The largest absolute Gasteiger partial charge is 0.323 e. The van der Waals surface area contributed by atoms with Crippen molar-refractivity contribution < 1.29 is 0 Å². The van der Waals surface area contributed by atoms with Crippen LogP contribution in [0.15, 0.2) is 24.3 Å². The van der Waals surface area contributed by atoms with Gasteiger partial charge in [0.15, 0.2) is 0 Å². The number of hydrogen-bond donors (Lipinski definition) is 1. The molecule has 0 saturated heterocycles. The minimum atomic E-state index is 0.204. The van der Waals surface area contributed by atoms with Crippen LogP contribution in [0.1, 0.15) is 41.9 Å². The number of nitrogens with two attached hydrogens (primary N) is 1. The number of aromatic nitrogens is 1.